The molecule has 0 bridgehead atoms. The third-order valence-corrected chi connectivity index (χ3v) is 3.19. The van der Waals surface area contributed by atoms with Gasteiger partial charge in [-0.15, -0.1) is 0 Å². The molecule has 0 saturated carbocycles. The van der Waals surface area contributed by atoms with E-state index in [4.69, 9.17) is 4.74 Å². The zero-order chi connectivity index (χ0) is 15.2. The van der Waals surface area contributed by atoms with Crippen LogP contribution in [0.1, 0.15) is 0 Å². The largest absolute Gasteiger partial charge is 0.491 e. The van der Waals surface area contributed by atoms with Crippen LogP contribution in [0, 0.1) is 11.6 Å². The summed E-state index contributed by atoms with van der Waals surface area (Å²) < 4.78 is 32.1. The van der Waals surface area contributed by atoms with Gasteiger partial charge in [-0.2, -0.15) is 0 Å². The minimum absolute atomic E-state index is 0.0904. The van der Waals surface area contributed by atoms with Crippen molar-refractivity contribution in [1.29, 1.82) is 0 Å². The SMILES string of the molecule is OC(CNc1ccc(F)c(F)c1)COc1cccc(Br)c1. The molecule has 2 aromatic rings. The first-order valence-electron chi connectivity index (χ1n) is 6.30. The molecule has 21 heavy (non-hydrogen) atoms. The number of rotatable bonds is 6. The predicted octanol–water partition coefficient (Wildman–Crippen LogP) is 3.58. The number of ether oxygens (including phenoxy) is 1. The molecule has 0 aliphatic heterocycles. The van der Waals surface area contributed by atoms with E-state index in [-0.39, 0.29) is 13.2 Å². The van der Waals surface area contributed by atoms with E-state index < -0.39 is 17.7 Å². The molecular weight excluding hydrogens is 344 g/mol. The van der Waals surface area contributed by atoms with Crippen LogP contribution >= 0.6 is 15.9 Å². The van der Waals surface area contributed by atoms with Gasteiger partial charge in [0.05, 0.1) is 0 Å². The Morgan fingerprint density at radius 1 is 1.14 bits per heavy atom. The van der Waals surface area contributed by atoms with Crippen molar-refractivity contribution in [3.63, 3.8) is 0 Å². The van der Waals surface area contributed by atoms with Crippen LogP contribution in [0.2, 0.25) is 0 Å². The van der Waals surface area contributed by atoms with Gasteiger partial charge in [-0.1, -0.05) is 22.0 Å². The molecule has 112 valence electrons. The van der Waals surface area contributed by atoms with E-state index in [9.17, 15) is 13.9 Å². The summed E-state index contributed by atoms with van der Waals surface area (Å²) in [5.41, 5.74) is 0.399. The summed E-state index contributed by atoms with van der Waals surface area (Å²) in [5, 5.41) is 12.6. The predicted molar refractivity (Wildman–Crippen MR) is 80.5 cm³/mol. The monoisotopic (exact) mass is 357 g/mol. The Kier molecular flexibility index (Phi) is 5.52. The lowest BCUT2D eigenvalue weighted by Gasteiger charge is -2.14. The van der Waals surface area contributed by atoms with Crippen LogP contribution in [0.25, 0.3) is 0 Å². The van der Waals surface area contributed by atoms with E-state index in [0.29, 0.717) is 11.4 Å². The summed E-state index contributed by atoms with van der Waals surface area (Å²) in [7, 11) is 0. The van der Waals surface area contributed by atoms with Gasteiger partial charge in [0, 0.05) is 22.8 Å². The number of hydrogen-bond donors (Lipinski definition) is 2. The second-order valence-electron chi connectivity index (χ2n) is 4.43. The van der Waals surface area contributed by atoms with Crippen molar-refractivity contribution in [2.75, 3.05) is 18.5 Å². The third kappa shape index (κ3) is 4.99. The van der Waals surface area contributed by atoms with Gasteiger partial charge in [-0.3, -0.25) is 0 Å². The molecule has 0 heterocycles. The topological polar surface area (TPSA) is 41.5 Å². The fourth-order valence-corrected chi connectivity index (χ4v) is 2.03. The molecule has 0 saturated heterocycles. The third-order valence-electron chi connectivity index (χ3n) is 2.70. The number of anilines is 1. The van der Waals surface area contributed by atoms with Gasteiger partial charge in [-0.05, 0) is 30.3 Å². The second-order valence-corrected chi connectivity index (χ2v) is 5.35. The first-order chi connectivity index (χ1) is 10.0. The Hall–Kier alpha value is -1.66. The highest BCUT2D eigenvalue weighted by Gasteiger charge is 2.07. The van der Waals surface area contributed by atoms with Gasteiger partial charge in [0.25, 0.3) is 0 Å². The normalized spacial score (nSPS) is 12.0. The summed E-state index contributed by atoms with van der Waals surface area (Å²) in [6.45, 7) is 0.256. The molecule has 0 radical (unpaired) electrons. The van der Waals surface area contributed by atoms with Gasteiger partial charge in [-0.25, -0.2) is 8.78 Å². The second kappa shape index (κ2) is 7.38. The molecule has 0 aromatic heterocycles. The summed E-state index contributed by atoms with van der Waals surface area (Å²) >= 11 is 3.32. The lowest BCUT2D eigenvalue weighted by Crippen LogP contribution is -2.26. The minimum Gasteiger partial charge on any atom is -0.491 e. The maximum Gasteiger partial charge on any atom is 0.160 e. The van der Waals surface area contributed by atoms with Gasteiger partial charge >= 0.3 is 0 Å². The van der Waals surface area contributed by atoms with Crippen LogP contribution < -0.4 is 10.1 Å². The van der Waals surface area contributed by atoms with Crippen LogP contribution in [-0.4, -0.2) is 24.4 Å². The smallest absolute Gasteiger partial charge is 0.160 e. The molecule has 0 fully saturated rings. The molecular formula is C15H14BrF2NO2. The molecule has 0 aliphatic carbocycles. The Balaban J connectivity index is 1.79. The molecule has 6 heteroatoms. The van der Waals surface area contributed by atoms with Crippen LogP contribution in [0.4, 0.5) is 14.5 Å². The molecule has 1 atom stereocenters. The Labute approximate surface area is 129 Å². The summed E-state index contributed by atoms with van der Waals surface area (Å²) in [4.78, 5) is 0. The zero-order valence-electron chi connectivity index (χ0n) is 11.0. The molecule has 2 N–H and O–H groups in total. The van der Waals surface area contributed by atoms with Crippen molar-refractivity contribution in [3.8, 4) is 5.75 Å². The van der Waals surface area contributed by atoms with Crippen molar-refractivity contribution in [2.24, 2.45) is 0 Å². The Morgan fingerprint density at radius 3 is 2.67 bits per heavy atom. The fraction of sp³-hybridized carbons (Fsp3) is 0.200. The highest BCUT2D eigenvalue weighted by Crippen LogP contribution is 2.18. The van der Waals surface area contributed by atoms with Gasteiger partial charge in [0.2, 0.25) is 0 Å². The van der Waals surface area contributed by atoms with E-state index in [0.717, 1.165) is 16.6 Å². The minimum atomic E-state index is -0.931. The van der Waals surface area contributed by atoms with Crippen molar-refractivity contribution in [3.05, 3.63) is 58.6 Å². The number of nitrogens with one attached hydrogen (secondary N) is 1. The van der Waals surface area contributed by atoms with E-state index in [1.165, 1.54) is 6.07 Å². The fourth-order valence-electron chi connectivity index (χ4n) is 1.65. The van der Waals surface area contributed by atoms with E-state index in [1.807, 2.05) is 12.1 Å². The average molecular weight is 358 g/mol. The highest BCUT2D eigenvalue weighted by molar-refractivity contribution is 9.10. The van der Waals surface area contributed by atoms with Gasteiger partial charge in [0.15, 0.2) is 11.6 Å². The quantitative estimate of drug-likeness (QED) is 0.830. The number of halogens is 3. The number of aliphatic hydroxyl groups excluding tert-OH is 1. The van der Waals surface area contributed by atoms with Gasteiger partial charge < -0.3 is 15.2 Å². The first-order valence-corrected chi connectivity index (χ1v) is 7.09. The van der Waals surface area contributed by atoms with E-state index in [1.54, 1.807) is 12.1 Å². The molecule has 0 aliphatic rings. The molecule has 2 aromatic carbocycles. The average Bonchev–Trinajstić information content (AvgIpc) is 2.46. The maximum absolute atomic E-state index is 13.0. The molecule has 0 spiro atoms. The van der Waals surface area contributed by atoms with Crippen molar-refractivity contribution in [1.82, 2.24) is 0 Å². The summed E-state index contributed by atoms with van der Waals surface area (Å²) in [6.07, 6.45) is -0.780. The molecule has 2 rings (SSSR count). The van der Waals surface area contributed by atoms with Crippen LogP contribution in [0.15, 0.2) is 46.9 Å². The first kappa shape index (κ1) is 15.7. The van der Waals surface area contributed by atoms with Crippen LogP contribution in [0.5, 0.6) is 5.75 Å². The van der Waals surface area contributed by atoms with Crippen molar-refractivity contribution < 1.29 is 18.6 Å². The lowest BCUT2D eigenvalue weighted by molar-refractivity contribution is 0.117. The van der Waals surface area contributed by atoms with Gasteiger partial charge in [0.1, 0.15) is 18.5 Å². The van der Waals surface area contributed by atoms with Crippen molar-refractivity contribution >= 4 is 21.6 Å². The molecule has 3 nitrogen and oxygen atoms in total. The van der Waals surface area contributed by atoms with E-state index in [2.05, 4.69) is 21.2 Å². The number of benzene rings is 2. The lowest BCUT2D eigenvalue weighted by atomic mass is 10.3. The number of aliphatic hydroxyl groups is 1. The molecule has 1 unspecified atom stereocenters. The van der Waals surface area contributed by atoms with E-state index >= 15 is 0 Å². The van der Waals surface area contributed by atoms with Crippen LogP contribution in [0.3, 0.4) is 0 Å². The Morgan fingerprint density at radius 2 is 1.95 bits per heavy atom. The maximum atomic E-state index is 13.0. The summed E-state index contributed by atoms with van der Waals surface area (Å²) in [5.74, 6) is -1.20. The molecule has 0 amide bonds. The number of hydrogen-bond acceptors (Lipinski definition) is 3. The zero-order valence-corrected chi connectivity index (χ0v) is 12.6. The standard InChI is InChI=1S/C15H14BrF2NO2/c16-10-2-1-3-13(6-10)21-9-12(20)8-19-11-4-5-14(17)15(18)7-11/h1-7,12,19-20H,8-9H2. The summed E-state index contributed by atoms with van der Waals surface area (Å²) in [6, 6.07) is 10.7. The van der Waals surface area contributed by atoms with Crippen LogP contribution in [-0.2, 0) is 0 Å². The van der Waals surface area contributed by atoms with Crippen molar-refractivity contribution in [2.45, 2.75) is 6.10 Å². The Bertz CT molecular complexity index is 610. The highest BCUT2D eigenvalue weighted by atomic mass is 79.9.